The van der Waals surface area contributed by atoms with Crippen molar-refractivity contribution in [3.05, 3.63) is 41.3 Å². The summed E-state index contributed by atoms with van der Waals surface area (Å²) in [6.45, 7) is 0. The number of thioether (sulfide) groups is 1. The number of carbonyl (C=O) groups excluding carboxylic acids is 1. The van der Waals surface area contributed by atoms with Crippen LogP contribution in [0.1, 0.15) is 10.4 Å². The molecule has 1 aromatic heterocycles. The summed E-state index contributed by atoms with van der Waals surface area (Å²) in [4.78, 5) is 13.1. The normalized spacial score (nSPS) is 11.3. The molecule has 0 aliphatic carbocycles. The monoisotopic (exact) mass is 328 g/mol. The maximum absolute atomic E-state index is 12.0. The molecule has 0 atom stereocenters. The van der Waals surface area contributed by atoms with Crippen molar-refractivity contribution in [3.8, 4) is 0 Å². The van der Waals surface area contributed by atoms with Gasteiger partial charge in [-0.1, -0.05) is 0 Å². The van der Waals surface area contributed by atoms with Gasteiger partial charge in [0.05, 0.1) is 5.56 Å². The molecule has 1 amide bonds. The van der Waals surface area contributed by atoms with E-state index in [0.29, 0.717) is 5.69 Å². The minimum Gasteiger partial charge on any atom is -0.322 e. The minimum absolute atomic E-state index is 0.0274. The van der Waals surface area contributed by atoms with E-state index in [4.69, 9.17) is 5.14 Å². The fourth-order valence-corrected chi connectivity index (χ4v) is 3.46. The number of thiophene rings is 1. The maximum atomic E-state index is 12.0. The van der Waals surface area contributed by atoms with Gasteiger partial charge in [-0.05, 0) is 36.6 Å². The van der Waals surface area contributed by atoms with E-state index in [-0.39, 0.29) is 15.7 Å². The lowest BCUT2D eigenvalue weighted by atomic mass is 10.3. The first-order chi connectivity index (χ1) is 9.40. The van der Waals surface area contributed by atoms with Gasteiger partial charge in [0, 0.05) is 16.0 Å². The van der Waals surface area contributed by atoms with E-state index < -0.39 is 10.0 Å². The quantitative estimate of drug-likeness (QED) is 0.843. The third-order valence-electron chi connectivity index (χ3n) is 2.47. The van der Waals surface area contributed by atoms with Crippen LogP contribution in [0.4, 0.5) is 5.69 Å². The van der Waals surface area contributed by atoms with Crippen LogP contribution in [0.5, 0.6) is 0 Å². The SMILES string of the molecule is CSc1ccc(NC(=O)c2csc(S(N)(=O)=O)c2)cc1. The molecular weight excluding hydrogens is 316 g/mol. The number of hydrogen-bond acceptors (Lipinski definition) is 5. The Morgan fingerprint density at radius 1 is 1.30 bits per heavy atom. The Morgan fingerprint density at radius 3 is 2.45 bits per heavy atom. The lowest BCUT2D eigenvalue weighted by molar-refractivity contribution is 0.102. The first-order valence-corrected chi connectivity index (χ1v) is 9.12. The van der Waals surface area contributed by atoms with Crippen LogP contribution in [0, 0.1) is 0 Å². The second-order valence-corrected chi connectivity index (χ2v) is 7.46. The van der Waals surface area contributed by atoms with Crippen LogP contribution in [0.15, 0.2) is 44.8 Å². The lowest BCUT2D eigenvalue weighted by Gasteiger charge is -2.04. The maximum Gasteiger partial charge on any atom is 0.256 e. The van der Waals surface area contributed by atoms with Crippen LogP contribution in [0.3, 0.4) is 0 Å². The molecule has 0 radical (unpaired) electrons. The number of hydrogen-bond donors (Lipinski definition) is 2. The third-order valence-corrected chi connectivity index (χ3v) is 5.60. The van der Waals surface area contributed by atoms with Crippen molar-refractivity contribution in [2.24, 2.45) is 5.14 Å². The van der Waals surface area contributed by atoms with Gasteiger partial charge in [0.15, 0.2) is 0 Å². The molecule has 20 heavy (non-hydrogen) atoms. The van der Waals surface area contributed by atoms with Gasteiger partial charge in [0.2, 0.25) is 10.0 Å². The number of anilines is 1. The summed E-state index contributed by atoms with van der Waals surface area (Å²) in [6.07, 6.45) is 1.97. The van der Waals surface area contributed by atoms with E-state index >= 15 is 0 Å². The number of nitrogens with one attached hydrogen (secondary N) is 1. The van der Waals surface area contributed by atoms with Crippen LogP contribution < -0.4 is 10.5 Å². The fraction of sp³-hybridized carbons (Fsp3) is 0.0833. The standard InChI is InChI=1S/C12H12N2O3S3/c1-18-10-4-2-9(3-5-10)14-12(15)8-6-11(19-7-8)20(13,16)17/h2-7H,1H3,(H,14,15)(H2,13,16,17). The molecule has 3 N–H and O–H groups in total. The van der Waals surface area contributed by atoms with E-state index in [1.807, 2.05) is 18.4 Å². The van der Waals surface area contributed by atoms with Gasteiger partial charge in [0.25, 0.3) is 5.91 Å². The summed E-state index contributed by atoms with van der Waals surface area (Å²) in [7, 11) is -3.76. The van der Waals surface area contributed by atoms with E-state index in [2.05, 4.69) is 5.32 Å². The third kappa shape index (κ3) is 3.60. The highest BCUT2D eigenvalue weighted by Gasteiger charge is 2.15. The predicted octanol–water partition coefficient (Wildman–Crippen LogP) is 2.37. The van der Waals surface area contributed by atoms with Gasteiger partial charge in [-0.25, -0.2) is 13.6 Å². The Morgan fingerprint density at radius 2 is 1.95 bits per heavy atom. The topological polar surface area (TPSA) is 89.3 Å². The van der Waals surface area contributed by atoms with Crippen molar-refractivity contribution in [2.75, 3.05) is 11.6 Å². The molecule has 0 bridgehead atoms. The molecule has 1 heterocycles. The van der Waals surface area contributed by atoms with Crippen LogP contribution in [-0.2, 0) is 10.0 Å². The molecule has 0 aliphatic rings. The van der Waals surface area contributed by atoms with E-state index in [9.17, 15) is 13.2 Å². The smallest absolute Gasteiger partial charge is 0.256 e. The largest absolute Gasteiger partial charge is 0.322 e. The number of primary sulfonamides is 1. The molecule has 106 valence electrons. The predicted molar refractivity (Wildman–Crippen MR) is 81.9 cm³/mol. The summed E-state index contributed by atoms with van der Waals surface area (Å²) >= 11 is 2.53. The fourth-order valence-electron chi connectivity index (χ4n) is 1.46. The molecule has 1 aromatic carbocycles. The summed E-state index contributed by atoms with van der Waals surface area (Å²) in [6, 6.07) is 8.63. The molecule has 8 heteroatoms. The molecule has 2 aromatic rings. The molecule has 0 fully saturated rings. The van der Waals surface area contributed by atoms with Crippen LogP contribution in [-0.4, -0.2) is 20.6 Å². The second kappa shape index (κ2) is 5.96. The van der Waals surface area contributed by atoms with Crippen LogP contribution in [0.25, 0.3) is 0 Å². The Balaban J connectivity index is 2.13. The number of nitrogens with two attached hydrogens (primary N) is 1. The summed E-state index contributed by atoms with van der Waals surface area (Å²) in [5.74, 6) is -0.368. The van der Waals surface area contributed by atoms with Crippen molar-refractivity contribution in [1.29, 1.82) is 0 Å². The Kier molecular flexibility index (Phi) is 4.48. The zero-order valence-corrected chi connectivity index (χ0v) is 12.9. The summed E-state index contributed by atoms with van der Waals surface area (Å²) in [5, 5.41) is 9.16. The van der Waals surface area contributed by atoms with Crippen molar-refractivity contribution in [2.45, 2.75) is 9.10 Å². The van der Waals surface area contributed by atoms with Gasteiger partial charge >= 0.3 is 0 Å². The molecular formula is C12H12N2O3S3. The highest BCUT2D eigenvalue weighted by Crippen LogP contribution is 2.21. The van der Waals surface area contributed by atoms with Gasteiger partial charge in [-0.3, -0.25) is 4.79 Å². The summed E-state index contributed by atoms with van der Waals surface area (Å²) in [5.41, 5.74) is 0.920. The Hall–Kier alpha value is -1.35. The average molecular weight is 328 g/mol. The zero-order valence-electron chi connectivity index (χ0n) is 10.5. The molecule has 0 aliphatic heterocycles. The molecule has 0 saturated heterocycles. The number of rotatable bonds is 4. The van der Waals surface area contributed by atoms with Crippen molar-refractivity contribution < 1.29 is 13.2 Å². The molecule has 2 rings (SSSR count). The second-order valence-electron chi connectivity index (χ2n) is 3.88. The van der Waals surface area contributed by atoms with Crippen molar-refractivity contribution in [3.63, 3.8) is 0 Å². The van der Waals surface area contributed by atoms with Crippen LogP contribution in [0.2, 0.25) is 0 Å². The highest BCUT2D eigenvalue weighted by atomic mass is 32.2. The van der Waals surface area contributed by atoms with Gasteiger partial charge in [0.1, 0.15) is 4.21 Å². The number of carbonyl (C=O) groups is 1. The van der Waals surface area contributed by atoms with Crippen molar-refractivity contribution in [1.82, 2.24) is 0 Å². The summed E-state index contributed by atoms with van der Waals surface area (Å²) < 4.78 is 22.3. The van der Waals surface area contributed by atoms with Gasteiger partial charge < -0.3 is 5.32 Å². The first kappa shape index (κ1) is 15.0. The number of amides is 1. The number of sulfonamides is 1. The Labute approximate surface area is 125 Å². The lowest BCUT2D eigenvalue weighted by Crippen LogP contribution is -2.12. The first-order valence-electron chi connectivity index (χ1n) is 5.47. The van der Waals surface area contributed by atoms with Gasteiger partial charge in [-0.15, -0.1) is 23.1 Å². The van der Waals surface area contributed by atoms with E-state index in [1.165, 1.54) is 11.4 Å². The highest BCUT2D eigenvalue weighted by molar-refractivity contribution is 7.98. The van der Waals surface area contributed by atoms with E-state index in [1.54, 1.807) is 23.9 Å². The molecule has 0 unspecified atom stereocenters. The number of benzene rings is 1. The average Bonchev–Trinajstić information content (AvgIpc) is 2.89. The minimum atomic E-state index is -3.76. The molecule has 5 nitrogen and oxygen atoms in total. The molecule has 0 spiro atoms. The van der Waals surface area contributed by atoms with Crippen LogP contribution >= 0.6 is 23.1 Å². The Bertz CT molecular complexity index is 721. The zero-order chi connectivity index (χ0) is 14.8. The van der Waals surface area contributed by atoms with E-state index in [0.717, 1.165) is 16.2 Å². The van der Waals surface area contributed by atoms with Gasteiger partial charge in [-0.2, -0.15) is 0 Å². The van der Waals surface area contributed by atoms with Crippen molar-refractivity contribution >= 4 is 44.7 Å². The molecule has 0 saturated carbocycles.